The van der Waals surface area contributed by atoms with E-state index in [1.165, 1.54) is 24.1 Å². The molecule has 2 aromatic heterocycles. The Bertz CT molecular complexity index is 1520. The molecule has 0 saturated heterocycles. The Morgan fingerprint density at radius 2 is 1.76 bits per heavy atom. The summed E-state index contributed by atoms with van der Waals surface area (Å²) in [4.78, 5) is 50.9. The number of nitrogens with one attached hydrogen (secondary N) is 1. The van der Waals surface area contributed by atoms with Gasteiger partial charge in [0.1, 0.15) is 5.75 Å². The normalized spacial score (nSPS) is 12.4. The van der Waals surface area contributed by atoms with Crippen LogP contribution in [0.4, 0.5) is 11.6 Å². The first-order chi connectivity index (χ1) is 18.3. The third kappa shape index (κ3) is 6.06. The molecule has 0 amide bonds. The highest BCUT2D eigenvalue weighted by Gasteiger charge is 2.27. The Labute approximate surface area is 222 Å². The lowest BCUT2D eigenvalue weighted by Gasteiger charge is -2.22. The zero-order chi connectivity index (χ0) is 27.2. The van der Waals surface area contributed by atoms with Crippen LogP contribution in [-0.4, -0.2) is 37.2 Å². The number of hydrogen-bond acceptors (Lipinski definition) is 9. The number of benzene rings is 2. The van der Waals surface area contributed by atoms with Gasteiger partial charge in [-0.15, -0.1) is 0 Å². The molecule has 0 bridgehead atoms. The van der Waals surface area contributed by atoms with Crippen molar-refractivity contribution in [2.24, 2.45) is 5.92 Å². The number of rotatable bonds is 9. The highest BCUT2D eigenvalue weighted by molar-refractivity contribution is 6.30. The van der Waals surface area contributed by atoms with Crippen molar-refractivity contribution in [2.75, 3.05) is 12.4 Å². The van der Waals surface area contributed by atoms with Crippen LogP contribution >= 0.6 is 11.6 Å². The third-order valence-electron chi connectivity index (χ3n) is 5.93. The molecule has 0 aliphatic heterocycles. The molecule has 0 aliphatic rings. The molecular weight excluding hydrogens is 512 g/mol. The molecule has 4 rings (SSSR count). The van der Waals surface area contributed by atoms with Crippen molar-refractivity contribution in [3.8, 4) is 11.6 Å². The summed E-state index contributed by atoms with van der Waals surface area (Å²) in [5.41, 5.74) is -0.113. The van der Waals surface area contributed by atoms with E-state index in [-0.39, 0.29) is 12.5 Å². The smallest absolute Gasteiger partial charge is 0.355 e. The molecule has 2 heterocycles. The predicted molar refractivity (Wildman–Crippen MR) is 141 cm³/mol. The van der Waals surface area contributed by atoms with Crippen molar-refractivity contribution >= 4 is 29.2 Å². The van der Waals surface area contributed by atoms with Crippen molar-refractivity contribution in [2.45, 2.75) is 26.4 Å². The molecule has 0 aliphatic carbocycles. The van der Waals surface area contributed by atoms with E-state index in [2.05, 4.69) is 20.3 Å². The van der Waals surface area contributed by atoms with E-state index >= 15 is 0 Å². The predicted octanol–water partition coefficient (Wildman–Crippen LogP) is 3.80. The minimum Gasteiger partial charge on any atom is -0.469 e. The molecule has 0 unspecified atom stereocenters. The third-order valence-corrected chi connectivity index (χ3v) is 6.18. The van der Waals surface area contributed by atoms with Crippen molar-refractivity contribution in [1.29, 1.82) is 0 Å². The van der Waals surface area contributed by atoms with Gasteiger partial charge in [0.15, 0.2) is 0 Å². The van der Waals surface area contributed by atoms with E-state index in [4.69, 9.17) is 21.1 Å². The Balaban J connectivity index is 1.70. The zero-order valence-corrected chi connectivity index (χ0v) is 21.6. The minimum absolute atomic E-state index is 0.0340. The van der Waals surface area contributed by atoms with Crippen LogP contribution in [-0.2, 0) is 16.1 Å². The van der Waals surface area contributed by atoms with Crippen LogP contribution in [0.15, 0.2) is 76.7 Å². The van der Waals surface area contributed by atoms with Crippen molar-refractivity contribution in [3.05, 3.63) is 98.7 Å². The number of anilines is 2. The van der Waals surface area contributed by atoms with Gasteiger partial charge in [-0.3, -0.25) is 14.3 Å². The van der Waals surface area contributed by atoms with E-state index in [0.29, 0.717) is 22.3 Å². The molecule has 4 aromatic rings. The van der Waals surface area contributed by atoms with Gasteiger partial charge in [-0.2, -0.15) is 4.98 Å². The number of methoxy groups -OCH3 is 1. The van der Waals surface area contributed by atoms with Crippen LogP contribution in [0.3, 0.4) is 0 Å². The SMILES string of the molecule is COC(=O)[C@H](C)[C@H](C)n1c(=O)nc(Nc2ccc(Oc3cnccn3)cc2)n(Cc2ccc(Cl)cc2)c1=O. The minimum atomic E-state index is -0.796. The lowest BCUT2D eigenvalue weighted by molar-refractivity contribution is -0.146. The van der Waals surface area contributed by atoms with Crippen LogP contribution in [0.2, 0.25) is 5.02 Å². The van der Waals surface area contributed by atoms with Crippen molar-refractivity contribution in [3.63, 3.8) is 0 Å². The highest BCUT2D eigenvalue weighted by Crippen LogP contribution is 2.23. The fourth-order valence-corrected chi connectivity index (χ4v) is 3.79. The Hall–Kier alpha value is -4.51. The number of esters is 1. The second kappa shape index (κ2) is 11.7. The molecule has 2 atom stereocenters. The molecular formula is C26H25ClN6O5. The molecule has 12 heteroatoms. The van der Waals surface area contributed by atoms with Crippen LogP contribution in [0, 0.1) is 5.92 Å². The summed E-state index contributed by atoms with van der Waals surface area (Å²) in [6.45, 7) is 3.28. The van der Waals surface area contributed by atoms with Gasteiger partial charge >= 0.3 is 17.3 Å². The lowest BCUT2D eigenvalue weighted by Crippen LogP contribution is -2.46. The number of halogens is 1. The number of nitrogens with zero attached hydrogens (tertiary/aromatic N) is 5. The van der Waals surface area contributed by atoms with Gasteiger partial charge in [0.05, 0.1) is 31.8 Å². The van der Waals surface area contributed by atoms with Gasteiger partial charge in [0.25, 0.3) is 0 Å². The molecule has 2 aromatic carbocycles. The van der Waals surface area contributed by atoms with Crippen LogP contribution in [0.1, 0.15) is 25.5 Å². The van der Waals surface area contributed by atoms with Crippen LogP contribution < -0.4 is 21.4 Å². The average molecular weight is 537 g/mol. The summed E-state index contributed by atoms with van der Waals surface area (Å²) in [7, 11) is 1.25. The van der Waals surface area contributed by atoms with E-state index in [1.807, 2.05) is 0 Å². The van der Waals surface area contributed by atoms with E-state index in [1.54, 1.807) is 68.6 Å². The summed E-state index contributed by atoms with van der Waals surface area (Å²) in [6, 6.07) is 13.0. The Morgan fingerprint density at radius 1 is 1.05 bits per heavy atom. The number of carbonyl (C=O) groups excluding carboxylic acids is 1. The first-order valence-electron chi connectivity index (χ1n) is 11.6. The van der Waals surface area contributed by atoms with Crippen molar-refractivity contribution in [1.82, 2.24) is 24.1 Å². The van der Waals surface area contributed by atoms with Gasteiger partial charge in [-0.05, 0) is 55.8 Å². The Kier molecular flexibility index (Phi) is 8.17. The van der Waals surface area contributed by atoms with Gasteiger partial charge in [0.2, 0.25) is 11.8 Å². The Morgan fingerprint density at radius 3 is 2.39 bits per heavy atom. The molecule has 38 heavy (non-hydrogen) atoms. The second-order valence-corrected chi connectivity index (χ2v) is 8.87. The average Bonchev–Trinajstić information content (AvgIpc) is 2.92. The standard InChI is InChI=1S/C26H25ClN6O5/c1-16(23(34)37-3)17(2)33-25(35)31-24(32(26(33)36)15-18-4-6-19(27)7-5-18)30-20-8-10-21(11-9-20)38-22-14-28-12-13-29-22/h4-14,16-17H,15H2,1-3H3,(H,30,31,35)/t16-,17+/m1/s1. The lowest BCUT2D eigenvalue weighted by atomic mass is 10.0. The maximum absolute atomic E-state index is 13.6. The fraction of sp³-hybridized carbons (Fsp3) is 0.231. The molecule has 0 fully saturated rings. The molecule has 196 valence electrons. The summed E-state index contributed by atoms with van der Waals surface area (Å²) < 4.78 is 12.7. The maximum Gasteiger partial charge on any atom is 0.355 e. The summed E-state index contributed by atoms with van der Waals surface area (Å²) in [5, 5.41) is 3.59. The van der Waals surface area contributed by atoms with Crippen LogP contribution in [0.25, 0.3) is 0 Å². The van der Waals surface area contributed by atoms with E-state index in [9.17, 15) is 14.4 Å². The quantitative estimate of drug-likeness (QED) is 0.317. The summed E-state index contributed by atoms with van der Waals surface area (Å²) >= 11 is 6.01. The number of hydrogen-bond donors (Lipinski definition) is 1. The largest absolute Gasteiger partial charge is 0.469 e. The topological polar surface area (TPSA) is 130 Å². The first kappa shape index (κ1) is 26.6. The molecule has 1 N–H and O–H groups in total. The van der Waals surface area contributed by atoms with Gasteiger partial charge in [-0.1, -0.05) is 23.7 Å². The highest BCUT2D eigenvalue weighted by atomic mass is 35.5. The van der Waals surface area contributed by atoms with Gasteiger partial charge < -0.3 is 14.8 Å². The monoisotopic (exact) mass is 536 g/mol. The summed E-state index contributed by atoms with van der Waals surface area (Å²) in [5.74, 6) is -0.406. The molecule has 0 radical (unpaired) electrons. The first-order valence-corrected chi connectivity index (χ1v) is 12.0. The number of ether oxygens (including phenoxy) is 2. The van der Waals surface area contributed by atoms with Crippen LogP contribution in [0.5, 0.6) is 11.6 Å². The molecule has 0 spiro atoms. The fourth-order valence-electron chi connectivity index (χ4n) is 3.67. The maximum atomic E-state index is 13.6. The molecule has 0 saturated carbocycles. The number of carbonyl (C=O) groups is 1. The zero-order valence-electron chi connectivity index (χ0n) is 20.9. The van der Waals surface area contributed by atoms with Crippen molar-refractivity contribution < 1.29 is 14.3 Å². The molecule has 11 nitrogen and oxygen atoms in total. The number of aromatic nitrogens is 5. The second-order valence-electron chi connectivity index (χ2n) is 8.43. The van der Waals surface area contributed by atoms with E-state index in [0.717, 1.165) is 10.1 Å². The van der Waals surface area contributed by atoms with Gasteiger partial charge in [0, 0.05) is 23.1 Å². The van der Waals surface area contributed by atoms with Gasteiger partial charge in [-0.25, -0.2) is 19.1 Å². The summed E-state index contributed by atoms with van der Waals surface area (Å²) in [6.07, 6.45) is 4.55. The van der Waals surface area contributed by atoms with E-state index < -0.39 is 29.3 Å².